The Kier molecular flexibility index (Phi) is 7.65. The van der Waals surface area contributed by atoms with E-state index in [1.807, 2.05) is 30.3 Å². The summed E-state index contributed by atoms with van der Waals surface area (Å²) in [7, 11) is 0. The number of carbonyl (C=O) groups excluding carboxylic acids is 1. The fourth-order valence-electron chi connectivity index (χ4n) is 3.51. The van der Waals surface area contributed by atoms with Gasteiger partial charge >= 0.3 is 0 Å². The van der Waals surface area contributed by atoms with Crippen LogP contribution in [0.5, 0.6) is 0 Å². The number of morpholine rings is 1. The van der Waals surface area contributed by atoms with Crippen molar-refractivity contribution in [1.82, 2.24) is 5.32 Å². The van der Waals surface area contributed by atoms with Crippen molar-refractivity contribution < 1.29 is 13.9 Å². The summed E-state index contributed by atoms with van der Waals surface area (Å²) in [5.74, 6) is 0.148. The highest BCUT2D eigenvalue weighted by molar-refractivity contribution is 5.97. The van der Waals surface area contributed by atoms with E-state index in [9.17, 15) is 9.18 Å². The van der Waals surface area contributed by atoms with Crippen molar-refractivity contribution in [3.05, 3.63) is 59.4 Å². The van der Waals surface area contributed by atoms with Gasteiger partial charge in [0.25, 0.3) is 0 Å². The fourth-order valence-corrected chi connectivity index (χ4v) is 3.51. The number of anilines is 2. The number of hydrogen-bond acceptors (Lipinski definition) is 6. The van der Waals surface area contributed by atoms with Gasteiger partial charge in [-0.1, -0.05) is 12.1 Å². The monoisotopic (exact) mass is 432 g/mol. The third kappa shape index (κ3) is 5.49. The molecule has 2 aromatic rings. The summed E-state index contributed by atoms with van der Waals surface area (Å²) in [6.45, 7) is 4.39. The van der Waals surface area contributed by atoms with Gasteiger partial charge < -0.3 is 20.3 Å². The van der Waals surface area contributed by atoms with Gasteiger partial charge in [0.15, 0.2) is 11.7 Å². The Morgan fingerprint density at radius 3 is 2.60 bits per heavy atom. The number of nitrogens with one attached hydrogen (secondary N) is 2. The van der Waals surface area contributed by atoms with E-state index in [0.717, 1.165) is 49.1 Å². The first-order valence-corrected chi connectivity index (χ1v) is 9.99. The number of rotatable bonds is 6. The number of aliphatic imine (C=N–C) groups is 1. The van der Waals surface area contributed by atoms with E-state index in [1.54, 1.807) is 6.07 Å². The van der Waals surface area contributed by atoms with Crippen molar-refractivity contribution in [1.29, 1.82) is 0 Å². The summed E-state index contributed by atoms with van der Waals surface area (Å²) in [6.07, 6.45) is 0.845. The molecule has 0 spiro atoms. The van der Waals surface area contributed by atoms with Crippen LogP contribution in [0, 0.1) is 5.82 Å². The van der Waals surface area contributed by atoms with Crippen molar-refractivity contribution in [2.75, 3.05) is 49.6 Å². The van der Waals surface area contributed by atoms with Gasteiger partial charge in [-0.2, -0.15) is 0 Å². The van der Waals surface area contributed by atoms with E-state index in [1.165, 1.54) is 6.07 Å². The molecule has 0 bridgehead atoms. The summed E-state index contributed by atoms with van der Waals surface area (Å²) in [4.78, 5) is 18.9. The molecule has 6 nitrogen and oxygen atoms in total. The van der Waals surface area contributed by atoms with Crippen LogP contribution >= 0.6 is 12.4 Å². The predicted octanol–water partition coefficient (Wildman–Crippen LogP) is 3.27. The third-order valence-electron chi connectivity index (χ3n) is 5.16. The second-order valence-electron chi connectivity index (χ2n) is 7.17. The molecule has 0 unspecified atom stereocenters. The molecule has 30 heavy (non-hydrogen) atoms. The molecule has 2 aliphatic rings. The molecule has 1 fully saturated rings. The number of ether oxygens (including phenoxy) is 1. The first kappa shape index (κ1) is 22.1. The predicted molar refractivity (Wildman–Crippen MR) is 120 cm³/mol. The van der Waals surface area contributed by atoms with Crippen molar-refractivity contribution in [2.45, 2.75) is 12.8 Å². The lowest BCUT2D eigenvalue weighted by molar-refractivity contribution is 0.0979. The summed E-state index contributed by atoms with van der Waals surface area (Å²) in [5.41, 5.74) is 2.94. The molecule has 2 heterocycles. The Morgan fingerprint density at radius 1 is 1.17 bits per heavy atom. The standard InChI is InChI=1S/C22H25FN4O2.ClH/c23-20-15-18(27-11-13-29-14-12-27)6-7-19(20)21(28)8-3-16-1-4-17(5-2-16)26-22-24-9-10-25-22;/h1-2,4-7,15H,3,8-14H2,(H2,24,25,26);1H. The second kappa shape index (κ2) is 10.4. The van der Waals surface area contributed by atoms with Crippen LogP contribution in [-0.4, -0.2) is 51.1 Å². The minimum absolute atomic E-state index is 0. The van der Waals surface area contributed by atoms with Gasteiger partial charge in [-0.05, 0) is 42.3 Å². The molecule has 0 atom stereocenters. The van der Waals surface area contributed by atoms with Crippen LogP contribution in [0.2, 0.25) is 0 Å². The molecule has 0 aliphatic carbocycles. The fraction of sp³-hybridized carbons (Fsp3) is 0.364. The Hall–Kier alpha value is -2.64. The maximum atomic E-state index is 14.5. The van der Waals surface area contributed by atoms with Crippen LogP contribution in [-0.2, 0) is 11.2 Å². The van der Waals surface area contributed by atoms with Crippen LogP contribution in [0.15, 0.2) is 47.5 Å². The number of benzene rings is 2. The van der Waals surface area contributed by atoms with Gasteiger partial charge in [0.2, 0.25) is 0 Å². The first-order valence-electron chi connectivity index (χ1n) is 9.99. The molecule has 0 aromatic heterocycles. The lowest BCUT2D eigenvalue weighted by Crippen LogP contribution is -2.36. The number of aryl methyl sites for hydroxylation is 1. The molecule has 160 valence electrons. The van der Waals surface area contributed by atoms with Gasteiger partial charge in [0.05, 0.1) is 25.3 Å². The van der Waals surface area contributed by atoms with Gasteiger partial charge in [-0.25, -0.2) is 4.39 Å². The van der Waals surface area contributed by atoms with Gasteiger partial charge in [-0.3, -0.25) is 9.79 Å². The van der Waals surface area contributed by atoms with E-state index >= 15 is 0 Å². The molecular formula is C22H26ClFN4O2. The Bertz CT molecular complexity index is 899. The van der Waals surface area contributed by atoms with Crippen molar-refractivity contribution >= 4 is 35.5 Å². The normalized spacial score (nSPS) is 15.8. The van der Waals surface area contributed by atoms with Crippen molar-refractivity contribution in [2.24, 2.45) is 4.99 Å². The summed E-state index contributed by atoms with van der Waals surface area (Å²) in [5, 5.41) is 6.37. The molecule has 8 heteroatoms. The lowest BCUT2D eigenvalue weighted by Gasteiger charge is -2.29. The zero-order valence-corrected chi connectivity index (χ0v) is 17.5. The SMILES string of the molecule is Cl.O=C(CCc1ccc(NC2=NCCN2)cc1)c1ccc(N2CCOCC2)cc1F. The Morgan fingerprint density at radius 2 is 1.93 bits per heavy atom. The topological polar surface area (TPSA) is 66.0 Å². The third-order valence-corrected chi connectivity index (χ3v) is 5.16. The van der Waals surface area contributed by atoms with Crippen molar-refractivity contribution in [3.8, 4) is 0 Å². The number of Topliss-reactive ketones (excluding diaryl/α,β-unsaturated/α-hetero) is 1. The first-order chi connectivity index (χ1) is 14.2. The molecule has 2 N–H and O–H groups in total. The van der Waals surface area contributed by atoms with E-state index in [0.29, 0.717) is 19.6 Å². The van der Waals surface area contributed by atoms with Crippen LogP contribution in [0.3, 0.4) is 0 Å². The summed E-state index contributed by atoms with van der Waals surface area (Å²) in [6, 6.07) is 12.7. The quantitative estimate of drug-likeness (QED) is 0.686. The number of guanidine groups is 1. The number of halogens is 2. The summed E-state index contributed by atoms with van der Waals surface area (Å²) < 4.78 is 19.8. The van der Waals surface area contributed by atoms with Gasteiger partial charge in [0.1, 0.15) is 5.82 Å². The molecular weight excluding hydrogens is 407 g/mol. The highest BCUT2D eigenvalue weighted by Crippen LogP contribution is 2.21. The zero-order chi connectivity index (χ0) is 20.1. The average molecular weight is 433 g/mol. The van der Waals surface area contributed by atoms with Crippen LogP contribution in [0.25, 0.3) is 0 Å². The van der Waals surface area contributed by atoms with E-state index in [-0.39, 0.29) is 30.2 Å². The van der Waals surface area contributed by atoms with Gasteiger partial charge in [0, 0.05) is 37.4 Å². The number of nitrogens with zero attached hydrogens (tertiary/aromatic N) is 2. The number of carbonyl (C=O) groups is 1. The molecule has 0 saturated carbocycles. The number of hydrogen-bond donors (Lipinski definition) is 2. The molecule has 4 rings (SSSR count). The van der Waals surface area contributed by atoms with Gasteiger partial charge in [-0.15, -0.1) is 12.4 Å². The van der Waals surface area contributed by atoms with E-state index in [2.05, 4.69) is 20.5 Å². The smallest absolute Gasteiger partial charge is 0.195 e. The second-order valence-corrected chi connectivity index (χ2v) is 7.17. The zero-order valence-electron chi connectivity index (χ0n) is 16.7. The molecule has 0 amide bonds. The highest BCUT2D eigenvalue weighted by atomic mass is 35.5. The molecule has 2 aromatic carbocycles. The highest BCUT2D eigenvalue weighted by Gasteiger charge is 2.16. The number of ketones is 1. The van der Waals surface area contributed by atoms with E-state index in [4.69, 9.17) is 4.74 Å². The maximum Gasteiger partial charge on any atom is 0.195 e. The minimum atomic E-state index is -0.455. The largest absolute Gasteiger partial charge is 0.378 e. The van der Waals surface area contributed by atoms with Crippen molar-refractivity contribution in [3.63, 3.8) is 0 Å². The van der Waals surface area contributed by atoms with Crippen LogP contribution in [0.4, 0.5) is 15.8 Å². The lowest BCUT2D eigenvalue weighted by atomic mass is 10.0. The molecule has 2 aliphatic heterocycles. The Labute approximate surface area is 181 Å². The van der Waals surface area contributed by atoms with Crippen LogP contribution < -0.4 is 15.5 Å². The summed E-state index contributed by atoms with van der Waals surface area (Å²) >= 11 is 0. The van der Waals surface area contributed by atoms with E-state index < -0.39 is 5.82 Å². The minimum Gasteiger partial charge on any atom is -0.378 e. The average Bonchev–Trinajstić information content (AvgIpc) is 3.26. The Balaban J connectivity index is 0.00000256. The maximum absolute atomic E-state index is 14.5. The molecule has 1 saturated heterocycles. The molecule has 0 radical (unpaired) electrons. The van der Waals surface area contributed by atoms with Crippen LogP contribution in [0.1, 0.15) is 22.3 Å².